The van der Waals surface area contributed by atoms with Gasteiger partial charge in [0, 0.05) is 5.04 Å². The molecule has 0 bridgehead atoms. The molecule has 0 spiro atoms. The molecule has 1 saturated heterocycles. The summed E-state index contributed by atoms with van der Waals surface area (Å²) >= 11 is 27.9. The summed E-state index contributed by atoms with van der Waals surface area (Å²) in [5.41, 5.74) is 0. The van der Waals surface area contributed by atoms with Gasteiger partial charge in [-0.25, -0.2) is 0 Å². The fraction of sp³-hybridized carbons (Fsp3) is 0.400. The molecule has 0 aromatic heterocycles. The van der Waals surface area contributed by atoms with E-state index in [2.05, 4.69) is 20.8 Å². The minimum Gasteiger partial charge on any atom is -0.505 e. The Kier molecular flexibility index (Phi) is 11.9. The zero-order chi connectivity index (χ0) is 19.9. The lowest BCUT2D eigenvalue weighted by Crippen LogP contribution is -2.38. The molecule has 0 saturated carbocycles. The SMILES string of the molecule is CC(C)(C)[SiH]1O[SiH2]O[SiH2]O[SiH2]O[SiH2]O1.Oc1c(Cl)c(Cl)c(Cl)c(Cl)c1Cl. The highest BCUT2D eigenvalue weighted by Crippen LogP contribution is 2.47. The van der Waals surface area contributed by atoms with E-state index in [4.69, 9.17) is 78.6 Å². The fourth-order valence-corrected chi connectivity index (χ4v) is 15.3. The molecule has 0 amide bonds. The molecule has 1 aromatic carbocycles. The molecule has 0 aliphatic carbocycles. The summed E-state index contributed by atoms with van der Waals surface area (Å²) in [5, 5.41) is 9.15. The second-order valence-electron chi connectivity index (χ2n) is 6.03. The van der Waals surface area contributed by atoms with Crippen molar-refractivity contribution in [1.29, 1.82) is 0 Å². The van der Waals surface area contributed by atoms with Crippen LogP contribution in [0.25, 0.3) is 0 Å². The predicted octanol–water partition coefficient (Wildman–Crippen LogP) is 1.76. The van der Waals surface area contributed by atoms with E-state index in [1.807, 2.05) is 0 Å². The van der Waals surface area contributed by atoms with E-state index in [0.717, 1.165) is 0 Å². The van der Waals surface area contributed by atoms with Crippen molar-refractivity contribution in [3.63, 3.8) is 0 Å². The van der Waals surface area contributed by atoms with Gasteiger partial charge in [-0.2, -0.15) is 0 Å². The highest BCUT2D eigenvalue weighted by atomic mass is 35.5. The lowest BCUT2D eigenvalue weighted by molar-refractivity contribution is 0.313. The van der Waals surface area contributed by atoms with Gasteiger partial charge in [0.05, 0.1) is 15.1 Å². The molecular formula is C10H19Cl5O6Si5. The van der Waals surface area contributed by atoms with Gasteiger partial charge >= 0.3 is 9.28 Å². The molecule has 1 heterocycles. The van der Waals surface area contributed by atoms with Gasteiger partial charge in [-0.3, -0.25) is 0 Å². The third-order valence-corrected chi connectivity index (χ3v) is 14.0. The molecule has 1 aliphatic heterocycles. The van der Waals surface area contributed by atoms with Crippen molar-refractivity contribution in [2.45, 2.75) is 25.8 Å². The van der Waals surface area contributed by atoms with Crippen LogP contribution in [0.4, 0.5) is 0 Å². The molecular weight excluding hydrogens is 534 g/mol. The van der Waals surface area contributed by atoms with Crippen molar-refractivity contribution < 1.29 is 25.7 Å². The summed E-state index contributed by atoms with van der Waals surface area (Å²) < 4.78 is 27.6. The second kappa shape index (κ2) is 12.1. The number of phenolic OH excluding ortho intramolecular Hbond substituents is 1. The molecule has 1 fully saturated rings. The Morgan fingerprint density at radius 1 is 0.692 bits per heavy atom. The molecule has 6 nitrogen and oxygen atoms in total. The van der Waals surface area contributed by atoms with E-state index < -0.39 is 49.3 Å². The van der Waals surface area contributed by atoms with E-state index in [1.165, 1.54) is 0 Å². The Morgan fingerprint density at radius 2 is 1.04 bits per heavy atom. The van der Waals surface area contributed by atoms with E-state index in [1.54, 1.807) is 0 Å². The molecule has 1 aliphatic rings. The second-order valence-corrected chi connectivity index (χ2v) is 18.8. The molecule has 0 radical (unpaired) electrons. The van der Waals surface area contributed by atoms with Crippen LogP contribution in [-0.2, 0) is 20.6 Å². The van der Waals surface area contributed by atoms with Crippen LogP contribution in [-0.4, -0.2) is 54.4 Å². The summed E-state index contributed by atoms with van der Waals surface area (Å²) in [4.78, 5) is 0. The summed E-state index contributed by atoms with van der Waals surface area (Å²) in [6.07, 6.45) is 0. The normalized spacial score (nSPS) is 23.2. The van der Waals surface area contributed by atoms with Gasteiger partial charge in [-0.05, 0) is 0 Å². The monoisotopic (exact) mass is 550 g/mol. The Balaban J connectivity index is 0.000000263. The van der Waals surface area contributed by atoms with Crippen LogP contribution in [0, 0.1) is 0 Å². The Labute approximate surface area is 188 Å². The highest BCUT2D eigenvalue weighted by molar-refractivity contribution is 6.61. The van der Waals surface area contributed by atoms with Crippen LogP contribution in [0.2, 0.25) is 30.2 Å². The molecule has 16 heteroatoms. The molecule has 2 rings (SSSR count). The molecule has 26 heavy (non-hydrogen) atoms. The summed E-state index contributed by atoms with van der Waals surface area (Å²) in [5.74, 6) is -0.363. The van der Waals surface area contributed by atoms with Crippen LogP contribution < -0.4 is 0 Å². The number of halogens is 5. The maximum Gasteiger partial charge on any atom is 0.308 e. The van der Waals surface area contributed by atoms with Crippen molar-refractivity contribution in [3.05, 3.63) is 25.1 Å². The molecule has 150 valence electrons. The van der Waals surface area contributed by atoms with E-state index >= 15 is 0 Å². The van der Waals surface area contributed by atoms with Gasteiger partial charge < -0.3 is 25.7 Å². The summed E-state index contributed by atoms with van der Waals surface area (Å²) in [7, 11) is -4.86. The number of hydrogen-bond donors (Lipinski definition) is 1. The van der Waals surface area contributed by atoms with Gasteiger partial charge in [0.2, 0.25) is 0 Å². The minimum atomic E-state index is -1.58. The van der Waals surface area contributed by atoms with Gasteiger partial charge in [0.15, 0.2) is 5.75 Å². The molecule has 1 N–H and O–H groups in total. The van der Waals surface area contributed by atoms with Crippen molar-refractivity contribution in [3.8, 4) is 5.75 Å². The zero-order valence-electron chi connectivity index (χ0n) is 14.3. The smallest absolute Gasteiger partial charge is 0.308 e. The van der Waals surface area contributed by atoms with Gasteiger partial charge in [-0.1, -0.05) is 78.8 Å². The first-order valence-corrected chi connectivity index (χ1v) is 15.3. The molecule has 0 unspecified atom stereocenters. The average molecular weight is 553 g/mol. The van der Waals surface area contributed by atoms with Crippen molar-refractivity contribution in [1.82, 2.24) is 0 Å². The Bertz CT molecular complexity index is 492. The molecule has 0 atom stereocenters. The maximum absolute atomic E-state index is 9.20. The fourth-order valence-electron chi connectivity index (χ4n) is 1.58. The first-order valence-electron chi connectivity index (χ1n) is 7.24. The number of aromatic hydroxyl groups is 1. The molecule has 1 aromatic rings. The minimum absolute atomic E-state index is 0.00904. The van der Waals surface area contributed by atoms with Crippen LogP contribution >= 0.6 is 58.0 Å². The maximum atomic E-state index is 9.20. The van der Waals surface area contributed by atoms with E-state index in [-0.39, 0.29) is 35.9 Å². The van der Waals surface area contributed by atoms with Gasteiger partial charge in [0.25, 0.3) is 40.0 Å². The van der Waals surface area contributed by atoms with Crippen molar-refractivity contribution in [2.24, 2.45) is 0 Å². The first-order chi connectivity index (χ1) is 12.1. The Morgan fingerprint density at radius 3 is 1.42 bits per heavy atom. The van der Waals surface area contributed by atoms with Crippen molar-refractivity contribution >= 4 is 107 Å². The van der Waals surface area contributed by atoms with E-state index in [9.17, 15) is 5.11 Å². The number of hydrogen-bond acceptors (Lipinski definition) is 6. The van der Waals surface area contributed by atoms with Crippen LogP contribution in [0.15, 0.2) is 0 Å². The topological polar surface area (TPSA) is 66.4 Å². The summed E-state index contributed by atoms with van der Waals surface area (Å²) in [6, 6.07) is 0. The summed E-state index contributed by atoms with van der Waals surface area (Å²) in [6.45, 7) is 6.47. The number of rotatable bonds is 0. The number of phenols is 1. The van der Waals surface area contributed by atoms with Crippen LogP contribution in [0.3, 0.4) is 0 Å². The predicted molar refractivity (Wildman–Crippen MR) is 120 cm³/mol. The first kappa shape index (κ1) is 25.4. The largest absolute Gasteiger partial charge is 0.505 e. The lowest BCUT2D eigenvalue weighted by atomic mass is 10.3. The van der Waals surface area contributed by atoms with Crippen molar-refractivity contribution in [2.75, 3.05) is 0 Å². The van der Waals surface area contributed by atoms with E-state index in [0.29, 0.717) is 0 Å². The Hall–Kier alpha value is 1.35. The quantitative estimate of drug-likeness (QED) is 0.301. The third-order valence-electron chi connectivity index (χ3n) is 2.83. The van der Waals surface area contributed by atoms with Crippen LogP contribution in [0.1, 0.15) is 20.8 Å². The lowest BCUT2D eigenvalue weighted by Gasteiger charge is -2.29. The zero-order valence-corrected chi connectivity index (χ0v) is 24.9. The standard InChI is InChI=1S/C6HCl5O.C4H18O5Si5/c7-1-2(8)4(10)6(12)5(11)3(1)9;1-4(2,3)14-8-12-6-10-5-11-7-13-9-14/h12H;14H,10-13H2,1-3H3. The van der Waals surface area contributed by atoms with Crippen LogP contribution in [0.5, 0.6) is 5.75 Å². The van der Waals surface area contributed by atoms with Gasteiger partial charge in [0.1, 0.15) is 10.0 Å². The third kappa shape index (κ3) is 8.00. The highest BCUT2D eigenvalue weighted by Gasteiger charge is 2.29. The average Bonchev–Trinajstić information content (AvgIpc) is 2.60. The number of benzene rings is 1. The van der Waals surface area contributed by atoms with Gasteiger partial charge in [-0.15, -0.1) is 0 Å².